The van der Waals surface area contributed by atoms with Crippen molar-refractivity contribution in [2.75, 3.05) is 30.8 Å². The molecule has 3 aromatic rings. The molecule has 0 spiro atoms. The van der Waals surface area contributed by atoms with Gasteiger partial charge in [0.15, 0.2) is 0 Å². The van der Waals surface area contributed by atoms with Crippen LogP contribution >= 0.6 is 23.2 Å². The van der Waals surface area contributed by atoms with Gasteiger partial charge in [-0.1, -0.05) is 72.6 Å². The zero-order valence-corrected chi connectivity index (χ0v) is 25.0. The Morgan fingerprint density at radius 2 is 1.73 bits per heavy atom. The van der Waals surface area contributed by atoms with Gasteiger partial charge in [0.1, 0.15) is 18.3 Å². The summed E-state index contributed by atoms with van der Waals surface area (Å²) >= 11 is 12.6. The molecule has 0 aromatic heterocycles. The van der Waals surface area contributed by atoms with E-state index in [1.54, 1.807) is 36.4 Å². The number of hydrogen-bond acceptors (Lipinski definition) is 5. The SMILES string of the molecule is CCCNC(=O)[C@H](Cc1ccccc1)N(Cc1ccc(Cl)cc1Cl)C(=O)CN(c1cccc(OC)c1)S(C)(=O)=O. The summed E-state index contributed by atoms with van der Waals surface area (Å²) in [6.45, 7) is 1.78. The number of halogens is 2. The molecular weight excluding hydrogens is 573 g/mol. The van der Waals surface area contributed by atoms with Gasteiger partial charge in [-0.05, 0) is 41.8 Å². The molecule has 0 saturated heterocycles. The molecule has 3 rings (SSSR count). The second-order valence-corrected chi connectivity index (χ2v) is 12.0. The van der Waals surface area contributed by atoms with Gasteiger partial charge in [-0.15, -0.1) is 0 Å². The molecule has 0 saturated carbocycles. The number of sulfonamides is 1. The van der Waals surface area contributed by atoms with Crippen LogP contribution in [0.1, 0.15) is 24.5 Å². The lowest BCUT2D eigenvalue weighted by molar-refractivity contribution is -0.140. The maximum Gasteiger partial charge on any atom is 0.244 e. The van der Waals surface area contributed by atoms with Crippen LogP contribution in [-0.4, -0.2) is 57.6 Å². The molecule has 3 aromatic carbocycles. The second-order valence-electron chi connectivity index (χ2n) is 9.23. The highest BCUT2D eigenvalue weighted by Crippen LogP contribution is 2.26. The summed E-state index contributed by atoms with van der Waals surface area (Å²) in [5.41, 5.74) is 1.66. The number of carbonyl (C=O) groups excluding carboxylic acids is 2. The van der Waals surface area contributed by atoms with E-state index >= 15 is 0 Å². The molecule has 1 atom stereocenters. The van der Waals surface area contributed by atoms with Crippen molar-refractivity contribution in [3.05, 3.63) is 94.0 Å². The molecule has 0 unspecified atom stereocenters. The highest BCUT2D eigenvalue weighted by Gasteiger charge is 2.33. The zero-order valence-electron chi connectivity index (χ0n) is 22.6. The van der Waals surface area contributed by atoms with Gasteiger partial charge >= 0.3 is 0 Å². The smallest absolute Gasteiger partial charge is 0.244 e. The summed E-state index contributed by atoms with van der Waals surface area (Å²) < 4.78 is 32.0. The fraction of sp³-hybridized carbons (Fsp3) is 0.310. The molecule has 0 aliphatic heterocycles. The van der Waals surface area contributed by atoms with Crippen molar-refractivity contribution < 1.29 is 22.7 Å². The molecule has 0 radical (unpaired) electrons. The van der Waals surface area contributed by atoms with E-state index in [0.29, 0.717) is 34.3 Å². The van der Waals surface area contributed by atoms with E-state index in [-0.39, 0.29) is 24.6 Å². The standard InChI is InChI=1S/C29H33Cl2N3O5S/c1-4-15-32-29(36)27(16-21-9-6-5-7-10-21)33(19-22-13-14-23(30)17-26(22)31)28(35)20-34(40(3,37)38)24-11-8-12-25(18-24)39-2/h5-14,17-18,27H,4,15-16,19-20H2,1-3H3,(H,32,36)/t27-/m0/s1. The number of methoxy groups -OCH3 is 1. The molecular formula is C29H33Cl2N3O5S. The number of hydrogen-bond donors (Lipinski definition) is 1. The third kappa shape index (κ3) is 8.61. The molecule has 214 valence electrons. The minimum absolute atomic E-state index is 0.0401. The van der Waals surface area contributed by atoms with Gasteiger partial charge in [-0.25, -0.2) is 8.42 Å². The van der Waals surface area contributed by atoms with E-state index in [4.69, 9.17) is 27.9 Å². The van der Waals surface area contributed by atoms with Gasteiger partial charge in [-0.3, -0.25) is 13.9 Å². The first-order valence-electron chi connectivity index (χ1n) is 12.7. The van der Waals surface area contributed by atoms with Crippen molar-refractivity contribution in [1.82, 2.24) is 10.2 Å². The second kappa shape index (κ2) is 14.4. The summed E-state index contributed by atoms with van der Waals surface area (Å²) in [5, 5.41) is 3.64. The van der Waals surface area contributed by atoms with Crippen LogP contribution in [0.3, 0.4) is 0 Å². The number of benzene rings is 3. The van der Waals surface area contributed by atoms with Gasteiger partial charge in [0.25, 0.3) is 0 Å². The summed E-state index contributed by atoms with van der Waals surface area (Å²) in [7, 11) is -2.42. The van der Waals surface area contributed by atoms with Crippen LogP contribution in [0.2, 0.25) is 10.0 Å². The minimum atomic E-state index is -3.89. The van der Waals surface area contributed by atoms with Gasteiger partial charge in [0.05, 0.1) is 19.1 Å². The Balaban J connectivity index is 2.07. The molecule has 2 amide bonds. The number of amides is 2. The summed E-state index contributed by atoms with van der Waals surface area (Å²) in [5.74, 6) is -0.493. The molecule has 0 aliphatic carbocycles. The lowest BCUT2D eigenvalue weighted by Gasteiger charge is -2.33. The lowest BCUT2D eigenvalue weighted by atomic mass is 10.0. The normalized spacial score (nSPS) is 11.9. The predicted molar refractivity (Wildman–Crippen MR) is 159 cm³/mol. The predicted octanol–water partition coefficient (Wildman–Crippen LogP) is 4.93. The van der Waals surface area contributed by atoms with Crippen LogP contribution in [0.4, 0.5) is 5.69 Å². The highest BCUT2D eigenvalue weighted by atomic mass is 35.5. The zero-order chi connectivity index (χ0) is 29.3. The van der Waals surface area contributed by atoms with E-state index in [1.807, 2.05) is 37.3 Å². The number of ether oxygens (including phenoxy) is 1. The van der Waals surface area contributed by atoms with Crippen LogP contribution in [-0.2, 0) is 32.6 Å². The molecule has 0 aliphatic rings. The number of anilines is 1. The quantitative estimate of drug-likeness (QED) is 0.298. The topological polar surface area (TPSA) is 96.0 Å². The average Bonchev–Trinajstić information content (AvgIpc) is 2.93. The fourth-order valence-electron chi connectivity index (χ4n) is 4.13. The van der Waals surface area contributed by atoms with E-state index in [2.05, 4.69) is 5.32 Å². The van der Waals surface area contributed by atoms with Crippen molar-refractivity contribution >= 4 is 50.7 Å². The first-order chi connectivity index (χ1) is 19.0. The van der Waals surface area contributed by atoms with Crippen LogP contribution < -0.4 is 14.4 Å². The molecule has 8 nitrogen and oxygen atoms in total. The van der Waals surface area contributed by atoms with Crippen molar-refractivity contribution in [3.63, 3.8) is 0 Å². The highest BCUT2D eigenvalue weighted by molar-refractivity contribution is 7.92. The van der Waals surface area contributed by atoms with Crippen molar-refractivity contribution in [1.29, 1.82) is 0 Å². The number of nitrogens with zero attached hydrogens (tertiary/aromatic N) is 2. The fourth-order valence-corrected chi connectivity index (χ4v) is 5.44. The number of carbonyl (C=O) groups is 2. The van der Waals surface area contributed by atoms with Crippen molar-refractivity contribution in [2.24, 2.45) is 0 Å². The van der Waals surface area contributed by atoms with Crippen molar-refractivity contribution in [2.45, 2.75) is 32.4 Å². The average molecular weight is 607 g/mol. The largest absolute Gasteiger partial charge is 0.497 e. The molecule has 11 heteroatoms. The maximum atomic E-state index is 14.1. The Morgan fingerprint density at radius 1 is 1.00 bits per heavy atom. The Morgan fingerprint density at radius 3 is 2.35 bits per heavy atom. The Kier molecular flexibility index (Phi) is 11.2. The Labute approximate surface area is 245 Å². The molecule has 0 bridgehead atoms. The number of nitrogens with one attached hydrogen (secondary N) is 1. The Bertz CT molecular complexity index is 1420. The minimum Gasteiger partial charge on any atom is -0.497 e. The summed E-state index contributed by atoms with van der Waals surface area (Å²) in [6, 6.07) is 19.7. The Hall–Kier alpha value is -3.27. The first kappa shape index (κ1) is 31.3. The monoisotopic (exact) mass is 605 g/mol. The van der Waals surface area contributed by atoms with E-state index < -0.39 is 28.5 Å². The third-order valence-corrected chi connectivity index (χ3v) is 7.92. The van der Waals surface area contributed by atoms with Crippen LogP contribution in [0.25, 0.3) is 0 Å². The first-order valence-corrected chi connectivity index (χ1v) is 15.3. The summed E-state index contributed by atoms with van der Waals surface area (Å²) in [4.78, 5) is 29.0. The molecule has 0 heterocycles. The van der Waals surface area contributed by atoms with E-state index in [1.165, 1.54) is 18.1 Å². The van der Waals surface area contributed by atoms with Crippen molar-refractivity contribution in [3.8, 4) is 5.75 Å². The molecule has 1 N–H and O–H groups in total. The van der Waals surface area contributed by atoms with Crippen LogP contribution in [0, 0.1) is 0 Å². The summed E-state index contributed by atoms with van der Waals surface area (Å²) in [6.07, 6.45) is 1.94. The van der Waals surface area contributed by atoms with Gasteiger partial charge in [-0.2, -0.15) is 0 Å². The van der Waals surface area contributed by atoms with Gasteiger partial charge < -0.3 is 15.0 Å². The lowest BCUT2D eigenvalue weighted by Crippen LogP contribution is -2.53. The number of rotatable bonds is 13. The van der Waals surface area contributed by atoms with Crippen LogP contribution in [0.15, 0.2) is 72.8 Å². The van der Waals surface area contributed by atoms with Gasteiger partial charge in [0.2, 0.25) is 21.8 Å². The molecule has 0 fully saturated rings. The maximum absolute atomic E-state index is 14.1. The van der Waals surface area contributed by atoms with Gasteiger partial charge in [0, 0.05) is 35.6 Å². The van der Waals surface area contributed by atoms with E-state index in [9.17, 15) is 18.0 Å². The molecule has 40 heavy (non-hydrogen) atoms. The van der Waals surface area contributed by atoms with E-state index in [0.717, 1.165) is 16.1 Å². The third-order valence-electron chi connectivity index (χ3n) is 6.20. The van der Waals surface area contributed by atoms with Crippen LogP contribution in [0.5, 0.6) is 5.75 Å².